The van der Waals surface area contributed by atoms with E-state index in [9.17, 15) is 19.2 Å². The summed E-state index contributed by atoms with van der Waals surface area (Å²) in [6.07, 6.45) is 3.69. The fourth-order valence-electron chi connectivity index (χ4n) is 6.17. The Morgan fingerprint density at radius 3 is 1.68 bits per heavy atom. The zero-order valence-electron chi connectivity index (χ0n) is 40.7. The molecule has 0 aromatic carbocycles. The Bertz CT molecular complexity index is 1430. The van der Waals surface area contributed by atoms with Gasteiger partial charge in [0.25, 0.3) is 0 Å². The summed E-state index contributed by atoms with van der Waals surface area (Å²) in [5.74, 6) is -0.256. The minimum absolute atomic E-state index is 0.0390. The molecular formula is C43H80BIN6O14. The highest BCUT2D eigenvalue weighted by Crippen LogP contribution is 2.25. The molecule has 20 nitrogen and oxygen atoms in total. The number of carbonyl (C=O) groups is 4. The molecule has 65 heavy (non-hydrogen) atoms. The average Bonchev–Trinajstić information content (AvgIpc) is 3.64. The average molecular weight is 1040 g/mol. The first-order valence-electron chi connectivity index (χ1n) is 22.7. The van der Waals surface area contributed by atoms with Crippen LogP contribution in [-0.4, -0.2) is 210 Å². The van der Waals surface area contributed by atoms with Crippen molar-refractivity contribution in [2.45, 2.75) is 110 Å². The number of hydrogen-bond donors (Lipinski definition) is 1. The summed E-state index contributed by atoms with van der Waals surface area (Å²) in [6.45, 7) is 23.3. The summed E-state index contributed by atoms with van der Waals surface area (Å²) in [7, 11) is 1.96. The fraction of sp³-hybridized carbons (Fsp3) is 0.860. The second kappa shape index (κ2) is 35.7. The Hall–Kier alpha value is -2.39. The molecule has 0 aliphatic carbocycles. The Morgan fingerprint density at radius 1 is 0.738 bits per heavy atom. The second-order valence-electron chi connectivity index (χ2n) is 17.3. The number of ether oxygens (including phenoxy) is 10. The van der Waals surface area contributed by atoms with Crippen LogP contribution in [0.3, 0.4) is 0 Å². The first kappa shape index (κ1) is 60.6. The van der Waals surface area contributed by atoms with Gasteiger partial charge in [0, 0.05) is 45.1 Å². The molecule has 376 valence electrons. The summed E-state index contributed by atoms with van der Waals surface area (Å²) in [5, 5.41) is 10.9. The van der Waals surface area contributed by atoms with Crippen LogP contribution in [0, 0.1) is 6.92 Å². The summed E-state index contributed by atoms with van der Waals surface area (Å²) >= 11 is 2.03. The molecule has 0 saturated carbocycles. The van der Waals surface area contributed by atoms with Gasteiger partial charge in [-0.05, 0) is 55.4 Å². The Morgan fingerprint density at radius 2 is 1.22 bits per heavy atom. The third kappa shape index (κ3) is 34.5. The lowest BCUT2D eigenvalue weighted by molar-refractivity contribution is -0.149. The van der Waals surface area contributed by atoms with Gasteiger partial charge >= 0.3 is 0 Å². The van der Waals surface area contributed by atoms with E-state index in [1.54, 1.807) is 18.9 Å². The third-order valence-electron chi connectivity index (χ3n) is 8.84. The zero-order chi connectivity index (χ0) is 48.4. The minimum Gasteiger partial charge on any atom is -0.380 e. The maximum atomic E-state index is 13.1. The molecule has 1 heterocycles. The number of halogens is 1. The normalized spacial score (nSPS) is 13.0. The molecule has 0 saturated heterocycles. The van der Waals surface area contributed by atoms with E-state index in [1.165, 1.54) is 0 Å². The molecule has 1 aromatic rings. The lowest BCUT2D eigenvalue weighted by Crippen LogP contribution is -2.48. The van der Waals surface area contributed by atoms with Crippen LogP contribution in [0.4, 0.5) is 0 Å². The van der Waals surface area contributed by atoms with E-state index in [2.05, 4.69) is 15.6 Å². The van der Waals surface area contributed by atoms with Crippen LogP contribution in [0.1, 0.15) is 79.8 Å². The number of nitrogens with zero attached hydrogens (tertiary/aromatic N) is 5. The van der Waals surface area contributed by atoms with Crippen molar-refractivity contribution in [1.82, 2.24) is 28.3 Å². The number of aromatic nitrogens is 3. The first-order chi connectivity index (χ1) is 30.8. The number of amides is 3. The van der Waals surface area contributed by atoms with Gasteiger partial charge in [-0.3, -0.25) is 22.2 Å². The monoisotopic (exact) mass is 1040 g/mol. The van der Waals surface area contributed by atoms with E-state index in [0.717, 1.165) is 12.0 Å². The van der Waals surface area contributed by atoms with Gasteiger partial charge in [0.1, 0.15) is 14.1 Å². The quantitative estimate of drug-likeness (QED) is 0.0326. The lowest BCUT2D eigenvalue weighted by atomic mass is 9.83. The minimum atomic E-state index is -0.755. The van der Waals surface area contributed by atoms with Gasteiger partial charge in [0.2, 0.25) is 17.7 Å². The van der Waals surface area contributed by atoms with Gasteiger partial charge < -0.3 is 62.4 Å². The fourth-order valence-corrected chi connectivity index (χ4v) is 7.16. The zero-order valence-corrected chi connectivity index (χ0v) is 42.9. The Balaban J connectivity index is 2.17. The van der Waals surface area contributed by atoms with E-state index in [0.29, 0.717) is 132 Å². The van der Waals surface area contributed by atoms with Gasteiger partial charge in [-0.1, -0.05) is 5.21 Å². The van der Waals surface area contributed by atoms with Crippen LogP contribution < -0.4 is 5.32 Å². The predicted octanol–water partition coefficient (Wildman–Crippen LogP) is 1.95. The van der Waals surface area contributed by atoms with Gasteiger partial charge in [0.15, 0.2) is 0 Å². The van der Waals surface area contributed by atoms with Gasteiger partial charge in [-0.25, -0.2) is 0 Å². The van der Waals surface area contributed by atoms with Gasteiger partial charge in [-0.2, -0.15) is 0 Å². The number of carbonyl (C=O) groups excluding carboxylic acids is 4. The molecular weight excluding hydrogens is 962 g/mol. The van der Waals surface area contributed by atoms with Crippen LogP contribution in [0.5, 0.6) is 0 Å². The standard InChI is InChI=1S/C43H80BIN6O14/c1-36(2)64-43(8,44)35-51(45)40(55)32-41(4,5)65-42(6,7)34-46-38(53)11-17-57-21-25-61-29-31-63-27-23-59-19-14-49(39(54)10-12-50-33-37(3)47-48-50)13-18-58-22-26-62-30-28-60-24-20-56-16-9-15-52/h15,33,36H,9-14,16-32,34-35,44H2,1-8H3,(H,46,53). The summed E-state index contributed by atoms with van der Waals surface area (Å²) in [5.41, 5.74) is -1.15. The van der Waals surface area contributed by atoms with Crippen molar-refractivity contribution in [1.29, 1.82) is 0 Å². The van der Waals surface area contributed by atoms with Gasteiger partial charge in [-0.15, -0.1) is 5.10 Å². The Labute approximate surface area is 402 Å². The summed E-state index contributed by atoms with van der Waals surface area (Å²) in [6, 6.07) is 0. The van der Waals surface area contributed by atoms with E-state index in [-0.39, 0.29) is 56.2 Å². The number of rotatable bonds is 43. The van der Waals surface area contributed by atoms with E-state index in [4.69, 9.17) is 47.4 Å². The molecule has 22 heteroatoms. The third-order valence-corrected chi connectivity index (χ3v) is 9.72. The maximum absolute atomic E-state index is 13.1. The van der Waals surface area contributed by atoms with Crippen LogP contribution >= 0.6 is 22.9 Å². The van der Waals surface area contributed by atoms with Crippen molar-refractivity contribution in [3.8, 4) is 0 Å². The highest BCUT2D eigenvalue weighted by Gasteiger charge is 2.34. The van der Waals surface area contributed by atoms with E-state index >= 15 is 0 Å². The molecule has 0 bridgehead atoms. The van der Waals surface area contributed by atoms with Crippen LogP contribution in [0.15, 0.2) is 6.20 Å². The van der Waals surface area contributed by atoms with Crippen molar-refractivity contribution in [3.05, 3.63) is 11.9 Å². The van der Waals surface area contributed by atoms with Gasteiger partial charge in [0.05, 0.1) is 177 Å². The van der Waals surface area contributed by atoms with E-state index in [1.807, 2.05) is 86.1 Å². The van der Waals surface area contributed by atoms with Crippen molar-refractivity contribution in [2.24, 2.45) is 0 Å². The molecule has 0 spiro atoms. The number of nitrogens with one attached hydrogen (secondary N) is 1. The summed E-state index contributed by atoms with van der Waals surface area (Å²) in [4.78, 5) is 50.5. The van der Waals surface area contributed by atoms with Crippen molar-refractivity contribution in [2.75, 3.05) is 132 Å². The molecule has 1 aromatic heterocycles. The lowest BCUT2D eigenvalue weighted by Gasteiger charge is -2.37. The molecule has 3 amide bonds. The smallest absolute Gasteiger partial charge is 0.234 e. The first-order valence-corrected chi connectivity index (χ1v) is 23.6. The number of aldehydes is 1. The van der Waals surface area contributed by atoms with E-state index < -0.39 is 16.7 Å². The van der Waals surface area contributed by atoms with Crippen LogP contribution in [0.2, 0.25) is 0 Å². The van der Waals surface area contributed by atoms with Crippen molar-refractivity contribution < 1.29 is 66.5 Å². The molecule has 1 rings (SSSR count). The predicted molar refractivity (Wildman–Crippen MR) is 254 cm³/mol. The molecule has 1 atom stereocenters. The van der Waals surface area contributed by atoms with Crippen LogP contribution in [-0.2, 0) is 73.1 Å². The molecule has 1 unspecified atom stereocenters. The topological polar surface area (TPSA) is 210 Å². The SMILES string of the molecule is BC(C)(CN(I)C(=O)CC(C)(C)OC(C)(C)CNC(=O)CCOCCOCCOCCOCCN(CCOCCOCCOCCOCCC=O)C(=O)CCn1cc(C)nn1)OC(C)C. The molecule has 0 aliphatic heterocycles. The number of hydrogen-bond acceptors (Lipinski definition) is 16. The molecule has 1 N–H and O–H groups in total. The highest BCUT2D eigenvalue weighted by molar-refractivity contribution is 14.1. The summed E-state index contributed by atoms with van der Waals surface area (Å²) < 4.78 is 59.9. The van der Waals surface area contributed by atoms with Crippen molar-refractivity contribution >= 4 is 54.7 Å². The van der Waals surface area contributed by atoms with Crippen molar-refractivity contribution in [3.63, 3.8) is 0 Å². The molecule has 0 radical (unpaired) electrons. The maximum Gasteiger partial charge on any atom is 0.234 e. The molecule has 0 aliphatic rings. The second-order valence-corrected chi connectivity index (χ2v) is 18.4. The Kier molecular flexibility index (Phi) is 33.3. The number of aryl methyl sites for hydroxylation is 2. The molecule has 0 fully saturated rings. The largest absolute Gasteiger partial charge is 0.380 e. The van der Waals surface area contributed by atoms with Crippen LogP contribution in [0.25, 0.3) is 0 Å². The highest BCUT2D eigenvalue weighted by atomic mass is 127.